The van der Waals surface area contributed by atoms with Gasteiger partial charge >= 0.3 is 0 Å². The molecule has 6 nitrogen and oxygen atoms in total. The van der Waals surface area contributed by atoms with E-state index in [4.69, 9.17) is 17.3 Å². The number of carbonyl (C=O) groups excluding carboxylic acids is 1. The summed E-state index contributed by atoms with van der Waals surface area (Å²) in [5.74, 6) is -0.155. The van der Waals surface area contributed by atoms with Gasteiger partial charge in [-0.25, -0.2) is 15.0 Å². The van der Waals surface area contributed by atoms with Crippen LogP contribution in [-0.2, 0) is 0 Å². The first kappa shape index (κ1) is 11.3. The molecule has 3 N–H and O–H groups in total. The number of halogens is 1. The van der Waals surface area contributed by atoms with Crippen molar-refractivity contribution in [3.63, 3.8) is 0 Å². The number of nitrogens with one attached hydrogen (secondary N) is 1. The summed E-state index contributed by atoms with van der Waals surface area (Å²) in [5.41, 5.74) is 6.06. The zero-order valence-corrected chi connectivity index (χ0v) is 9.35. The molecule has 0 bridgehead atoms. The lowest BCUT2D eigenvalue weighted by Crippen LogP contribution is -2.16. The molecule has 2 heterocycles. The molecule has 0 fully saturated rings. The molecular formula is C10H8ClN5O. The summed E-state index contributed by atoms with van der Waals surface area (Å²) in [5, 5.41) is 2.58. The molecule has 0 aliphatic heterocycles. The third kappa shape index (κ3) is 2.67. The van der Waals surface area contributed by atoms with Crippen LogP contribution in [0.25, 0.3) is 0 Å². The standard InChI is InChI=1S/C10H8ClN5O/c11-10-14-5-3-7(16-10)15-9(17)8-6(12)2-1-4-13-8/h1-5H,12H2,(H,14,15,16,17). The van der Waals surface area contributed by atoms with E-state index in [1.807, 2.05) is 0 Å². The summed E-state index contributed by atoms with van der Waals surface area (Å²) >= 11 is 5.59. The van der Waals surface area contributed by atoms with Gasteiger partial charge in [0.1, 0.15) is 5.82 Å². The van der Waals surface area contributed by atoms with E-state index in [1.165, 1.54) is 18.5 Å². The second-order valence-corrected chi connectivity index (χ2v) is 3.44. The molecule has 0 atom stereocenters. The Morgan fingerprint density at radius 3 is 2.82 bits per heavy atom. The fourth-order valence-electron chi connectivity index (χ4n) is 1.19. The molecular weight excluding hydrogens is 242 g/mol. The van der Waals surface area contributed by atoms with Gasteiger partial charge in [-0.3, -0.25) is 4.79 Å². The van der Waals surface area contributed by atoms with Crippen molar-refractivity contribution in [1.29, 1.82) is 0 Å². The molecule has 86 valence electrons. The van der Waals surface area contributed by atoms with E-state index < -0.39 is 5.91 Å². The third-order valence-electron chi connectivity index (χ3n) is 1.92. The van der Waals surface area contributed by atoms with Crippen molar-refractivity contribution in [2.24, 2.45) is 0 Å². The van der Waals surface area contributed by atoms with Gasteiger partial charge in [0.2, 0.25) is 5.28 Å². The van der Waals surface area contributed by atoms with E-state index in [0.717, 1.165) is 0 Å². The number of hydrogen-bond acceptors (Lipinski definition) is 5. The summed E-state index contributed by atoms with van der Waals surface area (Å²) in [6, 6.07) is 4.76. The molecule has 2 rings (SSSR count). The molecule has 0 radical (unpaired) electrons. The Morgan fingerprint density at radius 2 is 2.12 bits per heavy atom. The zero-order valence-electron chi connectivity index (χ0n) is 8.59. The van der Waals surface area contributed by atoms with Crippen LogP contribution in [0.1, 0.15) is 10.5 Å². The second kappa shape index (κ2) is 4.75. The van der Waals surface area contributed by atoms with Crippen LogP contribution in [0.5, 0.6) is 0 Å². The number of rotatable bonds is 2. The number of nitrogens with zero attached hydrogens (tertiary/aromatic N) is 3. The molecule has 0 spiro atoms. The van der Waals surface area contributed by atoms with Gasteiger partial charge < -0.3 is 11.1 Å². The van der Waals surface area contributed by atoms with Crippen LogP contribution < -0.4 is 11.1 Å². The van der Waals surface area contributed by atoms with Crippen molar-refractivity contribution >= 4 is 29.0 Å². The van der Waals surface area contributed by atoms with Crippen LogP contribution in [-0.4, -0.2) is 20.9 Å². The molecule has 17 heavy (non-hydrogen) atoms. The zero-order chi connectivity index (χ0) is 12.3. The molecule has 2 aromatic heterocycles. The summed E-state index contributed by atoms with van der Waals surface area (Å²) in [4.78, 5) is 23.2. The maximum atomic E-state index is 11.8. The minimum atomic E-state index is -0.446. The van der Waals surface area contributed by atoms with E-state index >= 15 is 0 Å². The minimum absolute atomic E-state index is 0.0526. The Balaban J connectivity index is 2.20. The number of hydrogen-bond donors (Lipinski definition) is 2. The van der Waals surface area contributed by atoms with E-state index in [2.05, 4.69) is 20.3 Å². The van der Waals surface area contributed by atoms with Crippen molar-refractivity contribution in [2.75, 3.05) is 11.1 Å². The number of nitrogen functional groups attached to an aromatic ring is 1. The van der Waals surface area contributed by atoms with Gasteiger partial charge in [0, 0.05) is 12.4 Å². The number of anilines is 2. The second-order valence-electron chi connectivity index (χ2n) is 3.11. The highest BCUT2D eigenvalue weighted by atomic mass is 35.5. The van der Waals surface area contributed by atoms with Gasteiger partial charge in [0.25, 0.3) is 5.91 Å². The predicted octanol–water partition coefficient (Wildman–Crippen LogP) is 1.36. The summed E-state index contributed by atoms with van der Waals surface area (Å²) in [7, 11) is 0. The first-order valence-electron chi connectivity index (χ1n) is 4.67. The average Bonchev–Trinajstić information content (AvgIpc) is 2.29. The highest BCUT2D eigenvalue weighted by molar-refractivity contribution is 6.28. The minimum Gasteiger partial charge on any atom is -0.397 e. The van der Waals surface area contributed by atoms with Crippen LogP contribution in [0, 0.1) is 0 Å². The van der Waals surface area contributed by atoms with Gasteiger partial charge in [-0.2, -0.15) is 0 Å². The predicted molar refractivity (Wildman–Crippen MR) is 63.6 cm³/mol. The van der Waals surface area contributed by atoms with E-state index in [1.54, 1.807) is 12.1 Å². The van der Waals surface area contributed by atoms with Crippen molar-refractivity contribution in [1.82, 2.24) is 15.0 Å². The third-order valence-corrected chi connectivity index (χ3v) is 2.10. The van der Waals surface area contributed by atoms with Crippen LogP contribution in [0.2, 0.25) is 5.28 Å². The molecule has 0 unspecified atom stereocenters. The maximum absolute atomic E-state index is 11.8. The topological polar surface area (TPSA) is 93.8 Å². The fourth-order valence-corrected chi connectivity index (χ4v) is 1.33. The molecule has 7 heteroatoms. The largest absolute Gasteiger partial charge is 0.397 e. The monoisotopic (exact) mass is 249 g/mol. The number of nitrogens with two attached hydrogens (primary N) is 1. The van der Waals surface area contributed by atoms with Crippen LogP contribution >= 0.6 is 11.6 Å². The lowest BCUT2D eigenvalue weighted by Gasteiger charge is -2.05. The lowest BCUT2D eigenvalue weighted by molar-refractivity contribution is 0.102. The summed E-state index contributed by atoms with van der Waals surface area (Å²) < 4.78 is 0. The Hall–Kier alpha value is -2.21. The molecule has 0 aromatic carbocycles. The van der Waals surface area contributed by atoms with Crippen molar-refractivity contribution in [2.45, 2.75) is 0 Å². The molecule has 1 amide bonds. The van der Waals surface area contributed by atoms with E-state index in [9.17, 15) is 4.79 Å². The summed E-state index contributed by atoms with van der Waals surface area (Å²) in [6.07, 6.45) is 2.92. The number of aromatic nitrogens is 3. The van der Waals surface area contributed by atoms with Gasteiger partial charge in [0.15, 0.2) is 5.69 Å². The molecule has 0 saturated carbocycles. The van der Waals surface area contributed by atoms with Gasteiger partial charge in [0.05, 0.1) is 5.69 Å². The molecule has 0 aliphatic rings. The molecule has 2 aromatic rings. The Morgan fingerprint density at radius 1 is 1.29 bits per heavy atom. The Bertz CT molecular complexity index is 560. The normalized spacial score (nSPS) is 9.94. The SMILES string of the molecule is Nc1cccnc1C(=O)Nc1ccnc(Cl)n1. The Labute approximate surface area is 102 Å². The van der Waals surface area contributed by atoms with Crippen molar-refractivity contribution < 1.29 is 4.79 Å². The van der Waals surface area contributed by atoms with Gasteiger partial charge in [-0.1, -0.05) is 0 Å². The van der Waals surface area contributed by atoms with E-state index in [0.29, 0.717) is 11.5 Å². The van der Waals surface area contributed by atoms with Crippen molar-refractivity contribution in [3.8, 4) is 0 Å². The number of pyridine rings is 1. The van der Waals surface area contributed by atoms with Gasteiger partial charge in [-0.05, 0) is 29.8 Å². The van der Waals surface area contributed by atoms with Crippen LogP contribution in [0.15, 0.2) is 30.6 Å². The molecule has 0 aliphatic carbocycles. The average molecular weight is 250 g/mol. The van der Waals surface area contributed by atoms with Crippen molar-refractivity contribution in [3.05, 3.63) is 41.6 Å². The number of amides is 1. The molecule has 0 saturated heterocycles. The lowest BCUT2D eigenvalue weighted by atomic mass is 10.3. The highest BCUT2D eigenvalue weighted by Crippen LogP contribution is 2.11. The van der Waals surface area contributed by atoms with Gasteiger partial charge in [-0.15, -0.1) is 0 Å². The van der Waals surface area contributed by atoms with Crippen LogP contribution in [0.3, 0.4) is 0 Å². The van der Waals surface area contributed by atoms with E-state index in [-0.39, 0.29) is 11.0 Å². The maximum Gasteiger partial charge on any atom is 0.277 e. The highest BCUT2D eigenvalue weighted by Gasteiger charge is 2.11. The Kier molecular flexibility index (Phi) is 3.15. The fraction of sp³-hybridized carbons (Fsp3) is 0. The number of carbonyl (C=O) groups is 1. The first-order valence-corrected chi connectivity index (χ1v) is 5.05. The quantitative estimate of drug-likeness (QED) is 0.784. The smallest absolute Gasteiger partial charge is 0.277 e. The van der Waals surface area contributed by atoms with Crippen LogP contribution in [0.4, 0.5) is 11.5 Å². The summed E-state index contributed by atoms with van der Waals surface area (Å²) in [6.45, 7) is 0. The first-order chi connectivity index (χ1) is 8.16.